The molecule has 2 N–H and O–H groups in total. The number of phenolic OH excluding ortho intramolecular Hbond substituents is 1. The summed E-state index contributed by atoms with van der Waals surface area (Å²) in [5, 5.41) is 20.4. The number of azo groups is 1. The lowest BCUT2D eigenvalue weighted by Crippen LogP contribution is -2.53. The third kappa shape index (κ3) is 6.86. The molecule has 2 aliphatic carbocycles. The van der Waals surface area contributed by atoms with Crippen LogP contribution in [0, 0.1) is 29.5 Å². The number of nitrogens with zero attached hydrogens (tertiary/aromatic N) is 6. The number of nitrogens with one attached hydrogen (secondary N) is 1. The van der Waals surface area contributed by atoms with Crippen LogP contribution in [0.3, 0.4) is 0 Å². The van der Waals surface area contributed by atoms with Gasteiger partial charge in [-0.15, -0.1) is 0 Å². The number of halogens is 6. The molecular weight excluding hydrogens is 877 g/mol. The minimum absolute atomic E-state index is 0.0274. The van der Waals surface area contributed by atoms with E-state index in [0.717, 1.165) is 16.7 Å². The quantitative estimate of drug-likeness (QED) is 0.0677. The van der Waals surface area contributed by atoms with E-state index in [1.165, 1.54) is 36.4 Å². The van der Waals surface area contributed by atoms with Crippen LogP contribution in [-0.2, 0) is 30.8 Å². The fourth-order valence-corrected chi connectivity index (χ4v) is 10.1. The summed E-state index contributed by atoms with van der Waals surface area (Å²) in [5.41, 5.74) is 2.32. The molecule has 3 fully saturated rings. The summed E-state index contributed by atoms with van der Waals surface area (Å²) in [7, 11) is 3.85. The van der Waals surface area contributed by atoms with E-state index in [0.29, 0.717) is 34.2 Å². The minimum Gasteiger partial charge on any atom is -0.505 e. The van der Waals surface area contributed by atoms with Crippen molar-refractivity contribution in [2.24, 2.45) is 33.9 Å². The van der Waals surface area contributed by atoms with Crippen LogP contribution in [0.4, 0.5) is 46.1 Å². The molecule has 0 radical (unpaired) electrons. The number of para-hydroxylation sites is 1. The van der Waals surface area contributed by atoms with Crippen LogP contribution < -0.4 is 15.2 Å². The third-order valence-electron chi connectivity index (χ3n) is 12.6. The number of alkyl halides is 3. The smallest absolute Gasteiger partial charge is 0.417 e. The molecule has 1 aromatic heterocycles. The average Bonchev–Trinajstić information content (AvgIpc) is 3.65. The molecule has 2 saturated heterocycles. The second-order valence-corrected chi connectivity index (χ2v) is 17.1. The van der Waals surface area contributed by atoms with Crippen molar-refractivity contribution in [1.82, 2.24) is 9.99 Å². The third-order valence-corrected chi connectivity index (χ3v) is 13.2. The van der Waals surface area contributed by atoms with Crippen LogP contribution in [0.15, 0.2) is 125 Å². The molecule has 4 aliphatic rings. The standard InChI is InChI=1S/C46H35Cl2F4N7O5/c1-57(2)28-14-10-26(11-15-28)54-55-27-12-16-29(17-13-27)58-41(61)31-19-18-30-33(37(31)43(58)63)21-34-42(62)59(56-40-35(48)20-24(22-53-40)46(50,51)52)44(64)45(34,23-6-8-25(47)9-7-23)38(30)32-4-3-5-36(49)39(32)60/h3-18,20,22,31,33-34,37-38,60H,19,21H2,1-2H3,(H,53,56)/t31-,33+,34-,37-,38+,45+/m0/s1. The zero-order chi connectivity index (χ0) is 45.4. The van der Waals surface area contributed by atoms with Crippen molar-refractivity contribution in [3.05, 3.63) is 147 Å². The van der Waals surface area contributed by atoms with Crippen LogP contribution in [0.1, 0.15) is 35.4 Å². The first-order valence-corrected chi connectivity index (χ1v) is 20.7. The molecule has 12 nitrogen and oxygen atoms in total. The number of aromatic hydroxyl groups is 1. The van der Waals surface area contributed by atoms with Gasteiger partial charge in [0.1, 0.15) is 0 Å². The maximum absolute atomic E-state index is 15.5. The Hall–Kier alpha value is -6.65. The van der Waals surface area contributed by atoms with Crippen molar-refractivity contribution in [3.8, 4) is 5.75 Å². The van der Waals surface area contributed by atoms with E-state index in [2.05, 4.69) is 20.6 Å². The van der Waals surface area contributed by atoms with Gasteiger partial charge < -0.3 is 10.0 Å². The topological polar surface area (TPSA) is 148 Å². The first-order valence-electron chi connectivity index (χ1n) is 20.0. The number of aromatic nitrogens is 1. The molecule has 1 saturated carbocycles. The van der Waals surface area contributed by atoms with E-state index < -0.39 is 92.8 Å². The number of phenols is 1. The number of fused-ring (bicyclic) bond motifs is 4. The van der Waals surface area contributed by atoms with Gasteiger partial charge in [-0.05, 0) is 97.1 Å². The van der Waals surface area contributed by atoms with Crippen LogP contribution >= 0.6 is 23.2 Å². The Bertz CT molecular complexity index is 2810. The fraction of sp³-hybridized carbons (Fsp3) is 0.239. The summed E-state index contributed by atoms with van der Waals surface area (Å²) < 4.78 is 56.1. The molecule has 6 atom stereocenters. The van der Waals surface area contributed by atoms with Crippen LogP contribution in [0.2, 0.25) is 10.0 Å². The molecule has 0 bridgehead atoms. The molecule has 4 amide bonds. The first kappa shape index (κ1) is 42.6. The molecule has 4 aromatic carbocycles. The van der Waals surface area contributed by atoms with Gasteiger partial charge in [-0.1, -0.05) is 59.1 Å². The number of carbonyl (C=O) groups is 4. The molecule has 0 unspecified atom stereocenters. The minimum atomic E-state index is -4.80. The molecule has 3 heterocycles. The molecule has 18 heteroatoms. The van der Waals surface area contributed by atoms with Gasteiger partial charge in [-0.3, -0.25) is 29.5 Å². The summed E-state index contributed by atoms with van der Waals surface area (Å²) in [6, 6.07) is 24.2. The largest absolute Gasteiger partial charge is 0.505 e. The lowest BCUT2D eigenvalue weighted by Gasteiger charge is -2.50. The van der Waals surface area contributed by atoms with Gasteiger partial charge in [0.2, 0.25) is 11.8 Å². The summed E-state index contributed by atoms with van der Waals surface area (Å²) >= 11 is 12.6. The molecule has 0 spiro atoms. The maximum Gasteiger partial charge on any atom is 0.417 e. The molecule has 326 valence electrons. The van der Waals surface area contributed by atoms with Gasteiger partial charge in [-0.25, -0.2) is 9.37 Å². The highest BCUT2D eigenvalue weighted by Gasteiger charge is 2.71. The maximum atomic E-state index is 15.5. The van der Waals surface area contributed by atoms with Gasteiger partial charge >= 0.3 is 6.18 Å². The number of pyridine rings is 1. The number of hydrazine groups is 1. The van der Waals surface area contributed by atoms with Crippen LogP contribution in [0.25, 0.3) is 0 Å². The number of hydrogen-bond acceptors (Lipinski definition) is 10. The number of allylic oxidation sites excluding steroid dienone is 2. The molecule has 64 heavy (non-hydrogen) atoms. The number of imide groups is 2. The lowest BCUT2D eigenvalue weighted by molar-refractivity contribution is -0.139. The van der Waals surface area contributed by atoms with Gasteiger partial charge in [0.15, 0.2) is 17.4 Å². The zero-order valence-corrected chi connectivity index (χ0v) is 35.2. The van der Waals surface area contributed by atoms with Crippen LogP contribution in [0.5, 0.6) is 5.75 Å². The predicted molar refractivity (Wildman–Crippen MR) is 229 cm³/mol. The van der Waals surface area contributed by atoms with Crippen LogP contribution in [-0.4, -0.2) is 52.8 Å². The Morgan fingerprint density at radius 1 is 0.859 bits per heavy atom. The van der Waals surface area contributed by atoms with Crippen molar-refractivity contribution in [2.45, 2.75) is 30.4 Å². The van der Waals surface area contributed by atoms with Crippen molar-refractivity contribution in [1.29, 1.82) is 0 Å². The Balaban J connectivity index is 1.11. The molecular formula is C46H35Cl2F4N7O5. The number of rotatable bonds is 8. The second kappa shape index (κ2) is 15.9. The highest BCUT2D eigenvalue weighted by molar-refractivity contribution is 6.33. The van der Waals surface area contributed by atoms with E-state index >= 15 is 9.18 Å². The second-order valence-electron chi connectivity index (χ2n) is 16.2. The monoisotopic (exact) mass is 911 g/mol. The fourth-order valence-electron chi connectivity index (χ4n) is 9.75. The predicted octanol–water partition coefficient (Wildman–Crippen LogP) is 9.92. The average molecular weight is 913 g/mol. The normalized spacial score (nSPS) is 24.2. The van der Waals surface area contributed by atoms with Gasteiger partial charge in [0.25, 0.3) is 11.8 Å². The highest BCUT2D eigenvalue weighted by atomic mass is 35.5. The lowest BCUT2D eigenvalue weighted by atomic mass is 9.49. The zero-order valence-electron chi connectivity index (χ0n) is 33.7. The van der Waals surface area contributed by atoms with E-state index in [4.69, 9.17) is 23.2 Å². The number of benzene rings is 4. The molecule has 2 aliphatic heterocycles. The Morgan fingerprint density at radius 3 is 2.14 bits per heavy atom. The first-order chi connectivity index (χ1) is 30.5. The van der Waals surface area contributed by atoms with E-state index in [-0.39, 0.29) is 34.7 Å². The summed E-state index contributed by atoms with van der Waals surface area (Å²) in [6.07, 6.45) is -2.74. The summed E-state index contributed by atoms with van der Waals surface area (Å²) in [6.45, 7) is 0. The van der Waals surface area contributed by atoms with E-state index in [1.807, 2.05) is 43.3 Å². The van der Waals surface area contributed by atoms with Crippen molar-refractivity contribution in [2.75, 3.05) is 29.3 Å². The summed E-state index contributed by atoms with van der Waals surface area (Å²) in [4.78, 5) is 66.1. The van der Waals surface area contributed by atoms with E-state index in [1.54, 1.807) is 30.3 Å². The number of amides is 4. The SMILES string of the molecule is CN(C)c1ccc(N=Nc2ccc(N3C(=O)[C@H]4[C@H](CC=C5[C@H]4C[C@H]4C(=O)N(Nc6ncc(C(F)(F)F)cc6Cl)C(=O)[C@@]4(c4ccc(Cl)cc4)[C@H]5c4cccc(F)c4O)C3=O)cc2)cc1. The van der Waals surface area contributed by atoms with E-state index in [9.17, 15) is 32.7 Å². The summed E-state index contributed by atoms with van der Waals surface area (Å²) in [5.74, 6) is -10.6. The van der Waals surface area contributed by atoms with Crippen molar-refractivity contribution in [3.63, 3.8) is 0 Å². The van der Waals surface area contributed by atoms with Gasteiger partial charge in [0.05, 0.1) is 50.8 Å². The van der Waals surface area contributed by atoms with Crippen molar-refractivity contribution < 1.29 is 41.8 Å². The van der Waals surface area contributed by atoms with Gasteiger partial charge in [-0.2, -0.15) is 28.4 Å². The number of carbonyl (C=O) groups excluding carboxylic acids is 4. The molecule has 5 aromatic rings. The molecule has 9 rings (SSSR count). The number of anilines is 3. The van der Waals surface area contributed by atoms with Crippen molar-refractivity contribution >= 4 is 75.4 Å². The number of hydrogen-bond donors (Lipinski definition) is 2. The highest BCUT2D eigenvalue weighted by Crippen LogP contribution is 2.65. The Labute approximate surface area is 372 Å². The van der Waals surface area contributed by atoms with Gasteiger partial charge in [0, 0.05) is 42.5 Å². The Kier molecular flexibility index (Phi) is 10.6. The Morgan fingerprint density at radius 2 is 1.52 bits per heavy atom.